The number of para-hydroxylation sites is 6. The Morgan fingerprint density at radius 2 is 0.686 bits per heavy atom. The summed E-state index contributed by atoms with van der Waals surface area (Å²) in [5, 5.41) is 9.06. The Kier molecular flexibility index (Phi) is 8.23. The van der Waals surface area contributed by atoms with E-state index in [1.54, 1.807) is 0 Å². The van der Waals surface area contributed by atoms with Crippen LogP contribution in [-0.4, -0.2) is 28.7 Å². The summed E-state index contributed by atoms with van der Waals surface area (Å²) in [4.78, 5) is 15.5. The van der Waals surface area contributed by atoms with Crippen molar-refractivity contribution in [2.75, 3.05) is 0 Å². The third-order valence-electron chi connectivity index (χ3n) is 14.0. The number of rotatable bonds is 6. The molecule has 0 radical (unpaired) electrons. The minimum atomic E-state index is 0.535. The molecule has 10 aromatic carbocycles. The summed E-state index contributed by atoms with van der Waals surface area (Å²) in [5.41, 5.74) is 14.1. The highest BCUT2D eigenvalue weighted by molar-refractivity contribution is 6.40. The summed E-state index contributed by atoms with van der Waals surface area (Å²) in [6.45, 7) is 0. The molecule has 0 N–H and O–H groups in total. The average Bonchev–Trinajstić information content (AvgIpc) is 4.18. The molecule has 5 aromatic heterocycles. The quantitative estimate of drug-likeness (QED) is 0.167. The van der Waals surface area contributed by atoms with Gasteiger partial charge in [0.1, 0.15) is 11.2 Å². The Morgan fingerprint density at radius 1 is 0.300 bits per heavy atom. The van der Waals surface area contributed by atoms with Crippen LogP contribution < -0.4 is 0 Å². The zero-order chi connectivity index (χ0) is 45.9. The van der Waals surface area contributed by atoms with Crippen molar-refractivity contribution in [2.24, 2.45) is 0 Å². The number of furan rings is 1. The molecule has 0 unspecified atom stereocenters. The zero-order valence-corrected chi connectivity index (χ0v) is 37.5. The van der Waals surface area contributed by atoms with Crippen molar-refractivity contribution in [1.29, 1.82) is 0 Å². The molecule has 0 atom stereocenters. The molecule has 0 spiro atoms. The van der Waals surface area contributed by atoms with Gasteiger partial charge in [-0.3, -0.25) is 0 Å². The molecule has 70 heavy (non-hydrogen) atoms. The van der Waals surface area contributed by atoms with Gasteiger partial charge in [-0.2, -0.15) is 0 Å². The highest BCUT2D eigenvalue weighted by Crippen LogP contribution is 2.51. The van der Waals surface area contributed by atoms with E-state index in [1.807, 2.05) is 66.7 Å². The molecule has 0 fully saturated rings. The maximum atomic E-state index is 7.08. The van der Waals surface area contributed by atoms with E-state index in [1.165, 1.54) is 26.9 Å². The normalized spacial score (nSPS) is 12.0. The smallest absolute Gasteiger partial charge is 0.167 e. The van der Waals surface area contributed by atoms with E-state index < -0.39 is 0 Å². The van der Waals surface area contributed by atoms with Crippen LogP contribution in [-0.2, 0) is 0 Å². The van der Waals surface area contributed by atoms with E-state index in [0.29, 0.717) is 23.1 Å². The number of benzene rings is 10. The number of hydrogen-bond donors (Lipinski definition) is 0. The molecule has 0 bridgehead atoms. The molecule has 0 aliphatic carbocycles. The first-order valence-corrected chi connectivity index (χ1v) is 23.6. The van der Waals surface area contributed by atoms with Gasteiger partial charge in [0.25, 0.3) is 0 Å². The first-order chi connectivity index (χ1) is 34.8. The molecule has 0 amide bonds. The van der Waals surface area contributed by atoms with E-state index in [9.17, 15) is 0 Å². The molecule has 0 saturated heterocycles. The van der Waals surface area contributed by atoms with Crippen LogP contribution in [0.1, 0.15) is 0 Å². The molecule has 0 aliphatic heterocycles. The SMILES string of the molecule is c1ccc(-c2nc(-c3ccccc3)nc(-c3ccc(-n4c5ccccc5c5c6c(c7ccccc7n6-c6ccccc6)c6c(c7ccccc7n6-c6ccccc6)c54)c4c3oc3ccccc34)n2)cc1. The summed E-state index contributed by atoms with van der Waals surface area (Å²) in [6, 6.07) is 81.3. The van der Waals surface area contributed by atoms with Crippen LogP contribution >= 0.6 is 0 Å². The summed E-state index contributed by atoms with van der Waals surface area (Å²) >= 11 is 0. The standard InChI is InChI=1S/C63H38N6O/c1-5-21-39(22-6-1)61-64-62(40-23-7-2-8-24-40)66-63(65-61)47-37-38-51(53-46-32-16-20-36-52(46)70-60(47)53)69-50-35-19-15-31-45(50)56-58-54(43-29-13-17-33-48(43)67(58)41-25-9-3-10-26-41)57-55(59(56)69)44-30-14-18-34-49(44)68(57)42-27-11-4-12-28-42/h1-38H. The lowest BCUT2D eigenvalue weighted by Gasteiger charge is -2.15. The molecule has 326 valence electrons. The fourth-order valence-electron chi connectivity index (χ4n) is 11.2. The first-order valence-electron chi connectivity index (χ1n) is 23.6. The van der Waals surface area contributed by atoms with Crippen molar-refractivity contribution in [3.05, 3.63) is 231 Å². The van der Waals surface area contributed by atoms with E-state index in [0.717, 1.165) is 88.6 Å². The van der Waals surface area contributed by atoms with Gasteiger partial charge in [0.2, 0.25) is 0 Å². The monoisotopic (exact) mass is 894 g/mol. The number of hydrogen-bond acceptors (Lipinski definition) is 4. The average molecular weight is 895 g/mol. The summed E-state index contributed by atoms with van der Waals surface area (Å²) in [5.74, 6) is 1.72. The molecular formula is C63H38N6O. The molecule has 15 rings (SSSR count). The van der Waals surface area contributed by atoms with Crippen molar-refractivity contribution in [3.63, 3.8) is 0 Å². The minimum Gasteiger partial charge on any atom is -0.455 e. The minimum absolute atomic E-state index is 0.535. The lowest BCUT2D eigenvalue weighted by atomic mass is 10.0. The van der Waals surface area contributed by atoms with E-state index in [-0.39, 0.29) is 0 Å². The number of fused-ring (bicyclic) bond motifs is 15. The van der Waals surface area contributed by atoms with Gasteiger partial charge < -0.3 is 18.1 Å². The zero-order valence-electron chi connectivity index (χ0n) is 37.5. The second-order valence-corrected chi connectivity index (χ2v) is 17.9. The van der Waals surface area contributed by atoms with Crippen LogP contribution in [0.5, 0.6) is 0 Å². The maximum absolute atomic E-state index is 7.08. The lowest BCUT2D eigenvalue weighted by Crippen LogP contribution is -2.01. The third kappa shape index (κ3) is 5.48. The van der Waals surface area contributed by atoms with Crippen LogP contribution in [0.15, 0.2) is 235 Å². The van der Waals surface area contributed by atoms with Gasteiger partial charge in [-0.1, -0.05) is 170 Å². The fraction of sp³-hybridized carbons (Fsp3) is 0. The second-order valence-electron chi connectivity index (χ2n) is 17.9. The van der Waals surface area contributed by atoms with Crippen LogP contribution in [0.3, 0.4) is 0 Å². The Balaban J connectivity index is 1.15. The van der Waals surface area contributed by atoms with Gasteiger partial charge in [-0.15, -0.1) is 0 Å². The van der Waals surface area contributed by atoms with Gasteiger partial charge in [0.15, 0.2) is 17.5 Å². The molecule has 0 saturated carbocycles. The van der Waals surface area contributed by atoms with E-state index in [4.69, 9.17) is 19.4 Å². The van der Waals surface area contributed by atoms with Crippen LogP contribution in [0.2, 0.25) is 0 Å². The summed E-state index contributed by atoms with van der Waals surface area (Å²) in [6.07, 6.45) is 0. The van der Waals surface area contributed by atoms with E-state index in [2.05, 4.69) is 177 Å². The van der Waals surface area contributed by atoms with Gasteiger partial charge >= 0.3 is 0 Å². The fourth-order valence-corrected chi connectivity index (χ4v) is 11.2. The molecule has 7 nitrogen and oxygen atoms in total. The molecular weight excluding hydrogens is 857 g/mol. The van der Waals surface area contributed by atoms with E-state index >= 15 is 0 Å². The van der Waals surface area contributed by atoms with Crippen LogP contribution in [0.4, 0.5) is 0 Å². The van der Waals surface area contributed by atoms with Gasteiger partial charge in [-0.25, -0.2) is 15.0 Å². The topological polar surface area (TPSA) is 66.6 Å². The summed E-state index contributed by atoms with van der Waals surface area (Å²) < 4.78 is 14.6. The second kappa shape index (κ2) is 15.0. The Morgan fingerprint density at radius 3 is 1.19 bits per heavy atom. The highest BCUT2D eigenvalue weighted by atomic mass is 16.3. The number of aromatic nitrogens is 6. The highest BCUT2D eigenvalue weighted by Gasteiger charge is 2.30. The van der Waals surface area contributed by atoms with Crippen LogP contribution in [0, 0.1) is 0 Å². The van der Waals surface area contributed by atoms with Crippen molar-refractivity contribution in [3.8, 4) is 51.2 Å². The Hall–Kier alpha value is -9.59. The van der Waals surface area contributed by atoms with Crippen molar-refractivity contribution < 1.29 is 4.42 Å². The predicted molar refractivity (Wildman–Crippen MR) is 286 cm³/mol. The Bertz CT molecular complexity index is 4440. The van der Waals surface area contributed by atoms with Crippen molar-refractivity contribution in [1.82, 2.24) is 28.7 Å². The molecule has 0 aliphatic rings. The number of nitrogens with zero attached hydrogens (tertiary/aromatic N) is 6. The van der Waals surface area contributed by atoms with Crippen molar-refractivity contribution in [2.45, 2.75) is 0 Å². The predicted octanol–water partition coefficient (Wildman–Crippen LogP) is 16.1. The van der Waals surface area contributed by atoms with Gasteiger partial charge in [0, 0.05) is 60.2 Å². The van der Waals surface area contributed by atoms with Gasteiger partial charge in [0.05, 0.1) is 49.7 Å². The third-order valence-corrected chi connectivity index (χ3v) is 14.0. The molecule has 15 aromatic rings. The lowest BCUT2D eigenvalue weighted by molar-refractivity contribution is 0.669. The first kappa shape index (κ1) is 38.5. The van der Waals surface area contributed by atoms with Gasteiger partial charge in [-0.05, 0) is 60.7 Å². The maximum Gasteiger partial charge on any atom is 0.167 e. The largest absolute Gasteiger partial charge is 0.455 e. The molecule has 7 heteroatoms. The summed E-state index contributed by atoms with van der Waals surface area (Å²) in [7, 11) is 0. The van der Waals surface area contributed by atoms with Crippen LogP contribution in [0.25, 0.3) is 139 Å². The Labute approximate surface area is 400 Å². The molecule has 5 heterocycles. The van der Waals surface area contributed by atoms with Crippen molar-refractivity contribution >= 4 is 87.4 Å².